The van der Waals surface area contributed by atoms with E-state index in [4.69, 9.17) is 0 Å². The van der Waals surface area contributed by atoms with Crippen molar-refractivity contribution in [1.82, 2.24) is 0 Å². The first-order chi connectivity index (χ1) is 6.77. The zero-order valence-electron chi connectivity index (χ0n) is 8.10. The predicted molar refractivity (Wildman–Crippen MR) is 52.2 cm³/mol. The van der Waals surface area contributed by atoms with E-state index in [0.29, 0.717) is 11.5 Å². The van der Waals surface area contributed by atoms with Gasteiger partial charge in [-0.05, 0) is 30.4 Å². The highest BCUT2D eigenvalue weighted by atomic mass is 19.1. The highest BCUT2D eigenvalue weighted by Gasteiger charge is 2.18. The van der Waals surface area contributed by atoms with Crippen LogP contribution in [0.15, 0.2) is 18.2 Å². The second-order valence-electron chi connectivity index (χ2n) is 4.00. The Labute approximate surface area is 82.9 Å². The Morgan fingerprint density at radius 2 is 1.71 bits per heavy atom. The van der Waals surface area contributed by atoms with Gasteiger partial charge in [0.25, 0.3) is 0 Å². The molecule has 0 heterocycles. The van der Waals surface area contributed by atoms with E-state index in [1.165, 1.54) is 25.3 Å². The van der Waals surface area contributed by atoms with Gasteiger partial charge in [0.2, 0.25) is 0 Å². The minimum absolute atomic E-state index is 0.310. The van der Waals surface area contributed by atoms with Gasteiger partial charge in [0.1, 0.15) is 11.6 Å². The molecule has 76 valence electrons. The van der Waals surface area contributed by atoms with Crippen LogP contribution in [0.4, 0.5) is 8.78 Å². The van der Waals surface area contributed by atoms with Crippen LogP contribution >= 0.6 is 0 Å². The Bertz CT molecular complexity index is 314. The molecule has 14 heavy (non-hydrogen) atoms. The third-order valence-corrected chi connectivity index (χ3v) is 3.01. The number of rotatable bonds is 1. The van der Waals surface area contributed by atoms with E-state index in [0.717, 1.165) is 18.9 Å². The highest BCUT2D eigenvalue weighted by Crippen LogP contribution is 2.33. The first-order valence-corrected chi connectivity index (χ1v) is 5.22. The van der Waals surface area contributed by atoms with Crippen LogP contribution in [-0.2, 0) is 0 Å². The van der Waals surface area contributed by atoms with Gasteiger partial charge in [0.15, 0.2) is 0 Å². The van der Waals surface area contributed by atoms with Crippen molar-refractivity contribution in [3.8, 4) is 0 Å². The molecule has 0 unspecified atom stereocenters. The van der Waals surface area contributed by atoms with Crippen LogP contribution in [-0.4, -0.2) is 0 Å². The van der Waals surface area contributed by atoms with Gasteiger partial charge in [-0.3, -0.25) is 0 Å². The molecule has 0 spiro atoms. The second kappa shape index (κ2) is 4.07. The average Bonchev–Trinajstić information content (AvgIpc) is 2.19. The van der Waals surface area contributed by atoms with Crippen LogP contribution in [0.3, 0.4) is 0 Å². The molecule has 2 heteroatoms. The smallest absolute Gasteiger partial charge is 0.129 e. The largest absolute Gasteiger partial charge is 0.207 e. The average molecular weight is 196 g/mol. The van der Waals surface area contributed by atoms with E-state index in [1.54, 1.807) is 6.07 Å². The molecule has 0 N–H and O–H groups in total. The third kappa shape index (κ3) is 1.94. The van der Waals surface area contributed by atoms with Gasteiger partial charge in [-0.25, -0.2) is 8.78 Å². The van der Waals surface area contributed by atoms with Crippen molar-refractivity contribution in [2.45, 2.75) is 38.0 Å². The lowest BCUT2D eigenvalue weighted by Gasteiger charge is -2.22. The molecule has 2 rings (SSSR count). The topological polar surface area (TPSA) is 0 Å². The Balaban J connectivity index is 2.22. The summed E-state index contributed by atoms with van der Waals surface area (Å²) in [5, 5.41) is 0. The summed E-state index contributed by atoms with van der Waals surface area (Å²) in [5.74, 6) is -0.552. The minimum Gasteiger partial charge on any atom is -0.207 e. The van der Waals surface area contributed by atoms with Gasteiger partial charge in [-0.1, -0.05) is 25.3 Å². The molecular weight excluding hydrogens is 182 g/mol. The highest BCUT2D eigenvalue weighted by molar-refractivity contribution is 5.22. The molecular formula is C12H14F2. The SMILES string of the molecule is Fc1ccc(C2CCCCC2)c(F)c1. The summed E-state index contributed by atoms with van der Waals surface area (Å²) in [7, 11) is 0. The lowest BCUT2D eigenvalue weighted by Crippen LogP contribution is -2.06. The summed E-state index contributed by atoms with van der Waals surface area (Å²) in [6.07, 6.45) is 5.67. The van der Waals surface area contributed by atoms with Crippen LogP contribution < -0.4 is 0 Å². The third-order valence-electron chi connectivity index (χ3n) is 3.01. The van der Waals surface area contributed by atoms with Crippen LogP contribution in [0.5, 0.6) is 0 Å². The standard InChI is InChI=1S/C12H14F2/c13-10-6-7-11(12(14)8-10)9-4-2-1-3-5-9/h6-9H,1-5H2. The Hall–Kier alpha value is -0.920. The maximum Gasteiger partial charge on any atom is 0.129 e. The second-order valence-corrected chi connectivity index (χ2v) is 4.00. The van der Waals surface area contributed by atoms with Gasteiger partial charge < -0.3 is 0 Å². The summed E-state index contributed by atoms with van der Waals surface area (Å²) in [6, 6.07) is 3.94. The summed E-state index contributed by atoms with van der Waals surface area (Å²) < 4.78 is 26.1. The van der Waals surface area contributed by atoms with Crippen molar-refractivity contribution >= 4 is 0 Å². The molecule has 1 aliphatic rings. The molecule has 0 radical (unpaired) electrons. The van der Waals surface area contributed by atoms with Crippen LogP contribution in [0.2, 0.25) is 0 Å². The van der Waals surface area contributed by atoms with Crippen molar-refractivity contribution < 1.29 is 8.78 Å². The number of benzene rings is 1. The van der Waals surface area contributed by atoms with E-state index >= 15 is 0 Å². The Morgan fingerprint density at radius 1 is 1.00 bits per heavy atom. The molecule has 0 nitrogen and oxygen atoms in total. The van der Waals surface area contributed by atoms with Gasteiger partial charge in [-0.15, -0.1) is 0 Å². The lowest BCUT2D eigenvalue weighted by molar-refractivity contribution is 0.428. The van der Waals surface area contributed by atoms with Crippen LogP contribution in [0, 0.1) is 11.6 Å². The summed E-state index contributed by atoms with van der Waals surface area (Å²) in [6.45, 7) is 0. The van der Waals surface area contributed by atoms with Crippen molar-refractivity contribution in [2.24, 2.45) is 0 Å². The lowest BCUT2D eigenvalue weighted by atomic mass is 9.84. The molecule has 0 amide bonds. The predicted octanol–water partition coefficient (Wildman–Crippen LogP) is 4.01. The number of hydrogen-bond donors (Lipinski definition) is 0. The van der Waals surface area contributed by atoms with E-state index in [-0.39, 0.29) is 5.82 Å². The van der Waals surface area contributed by atoms with Crippen molar-refractivity contribution in [1.29, 1.82) is 0 Å². The monoisotopic (exact) mass is 196 g/mol. The van der Waals surface area contributed by atoms with E-state index in [2.05, 4.69) is 0 Å². The van der Waals surface area contributed by atoms with Gasteiger partial charge >= 0.3 is 0 Å². The van der Waals surface area contributed by atoms with Gasteiger partial charge in [-0.2, -0.15) is 0 Å². The minimum atomic E-state index is -0.484. The van der Waals surface area contributed by atoms with E-state index < -0.39 is 5.82 Å². The quantitative estimate of drug-likeness (QED) is 0.636. The molecule has 1 aromatic carbocycles. The first kappa shape index (κ1) is 9.63. The Morgan fingerprint density at radius 3 is 2.36 bits per heavy atom. The molecule has 0 bridgehead atoms. The van der Waals surface area contributed by atoms with Gasteiger partial charge in [0.05, 0.1) is 0 Å². The summed E-state index contributed by atoms with van der Waals surface area (Å²) in [5.41, 5.74) is 0.700. The fraction of sp³-hybridized carbons (Fsp3) is 0.500. The zero-order chi connectivity index (χ0) is 9.97. The number of hydrogen-bond acceptors (Lipinski definition) is 0. The van der Waals surface area contributed by atoms with Crippen LogP contribution in [0.1, 0.15) is 43.6 Å². The molecule has 1 aliphatic carbocycles. The molecule has 1 saturated carbocycles. The maximum atomic E-state index is 13.4. The maximum absolute atomic E-state index is 13.4. The molecule has 0 saturated heterocycles. The molecule has 1 aromatic rings. The Kier molecular flexibility index (Phi) is 2.80. The fourth-order valence-corrected chi connectivity index (χ4v) is 2.25. The van der Waals surface area contributed by atoms with Crippen molar-refractivity contribution in [3.05, 3.63) is 35.4 Å². The number of halogens is 2. The molecule has 0 atom stereocenters. The fourth-order valence-electron chi connectivity index (χ4n) is 2.25. The molecule has 0 aliphatic heterocycles. The van der Waals surface area contributed by atoms with Crippen molar-refractivity contribution in [2.75, 3.05) is 0 Å². The van der Waals surface area contributed by atoms with E-state index in [1.807, 2.05) is 0 Å². The summed E-state index contributed by atoms with van der Waals surface area (Å²) >= 11 is 0. The molecule has 1 fully saturated rings. The normalized spacial score (nSPS) is 18.4. The first-order valence-electron chi connectivity index (χ1n) is 5.22. The zero-order valence-corrected chi connectivity index (χ0v) is 8.10. The summed E-state index contributed by atoms with van der Waals surface area (Å²) in [4.78, 5) is 0. The van der Waals surface area contributed by atoms with Gasteiger partial charge in [0, 0.05) is 6.07 Å². The molecule has 0 aromatic heterocycles. The van der Waals surface area contributed by atoms with E-state index in [9.17, 15) is 8.78 Å². The van der Waals surface area contributed by atoms with Crippen molar-refractivity contribution in [3.63, 3.8) is 0 Å². The van der Waals surface area contributed by atoms with Crippen LogP contribution in [0.25, 0.3) is 0 Å².